The molecule has 0 aliphatic rings. The van der Waals surface area contributed by atoms with Gasteiger partial charge in [0.25, 0.3) is 0 Å². The molecule has 0 unspecified atom stereocenters. The zero-order valence-electron chi connectivity index (χ0n) is 17.0. The second-order valence-corrected chi connectivity index (χ2v) is 8.05. The molecule has 5 nitrogen and oxygen atoms in total. The van der Waals surface area contributed by atoms with Crippen LogP contribution >= 0.6 is 11.3 Å². The minimum Gasteiger partial charge on any atom is -0.478 e. The molecule has 1 aromatic heterocycles. The van der Waals surface area contributed by atoms with Crippen molar-refractivity contribution < 1.29 is 23.1 Å². The summed E-state index contributed by atoms with van der Waals surface area (Å²) in [7, 11) is 0. The lowest BCUT2D eigenvalue weighted by Crippen LogP contribution is -2.05. The van der Waals surface area contributed by atoms with E-state index in [1.807, 2.05) is 11.4 Å². The molecular weight excluding hydrogens is 451 g/mol. The third-order valence-electron chi connectivity index (χ3n) is 4.68. The van der Waals surface area contributed by atoms with E-state index in [0.717, 1.165) is 17.7 Å². The van der Waals surface area contributed by atoms with E-state index in [1.54, 1.807) is 36.4 Å². The molecule has 4 aromatic rings. The van der Waals surface area contributed by atoms with E-state index in [9.17, 15) is 18.0 Å². The molecule has 0 saturated carbocycles. The van der Waals surface area contributed by atoms with Gasteiger partial charge in [0.15, 0.2) is 0 Å². The summed E-state index contributed by atoms with van der Waals surface area (Å²) in [5.41, 5.74) is 2.43. The number of azo groups is 1. The van der Waals surface area contributed by atoms with Gasteiger partial charge in [-0.3, -0.25) is 0 Å². The number of carbonyl (C=O) groups is 1. The number of rotatable bonds is 6. The van der Waals surface area contributed by atoms with Gasteiger partial charge in [0.1, 0.15) is 0 Å². The van der Waals surface area contributed by atoms with Crippen LogP contribution in [-0.4, -0.2) is 16.1 Å². The molecule has 0 fully saturated rings. The molecule has 0 saturated heterocycles. The molecule has 166 valence electrons. The molecular formula is C24H16F3N3O2S. The van der Waals surface area contributed by atoms with E-state index in [0.29, 0.717) is 34.1 Å². The molecule has 1 heterocycles. The van der Waals surface area contributed by atoms with E-state index in [-0.39, 0.29) is 5.56 Å². The third kappa shape index (κ3) is 5.69. The van der Waals surface area contributed by atoms with Crippen LogP contribution in [0.15, 0.2) is 88.4 Å². The van der Waals surface area contributed by atoms with Crippen LogP contribution in [-0.2, 0) is 12.6 Å². The van der Waals surface area contributed by atoms with Crippen molar-refractivity contribution in [1.82, 2.24) is 4.98 Å². The van der Waals surface area contributed by atoms with Crippen molar-refractivity contribution >= 4 is 28.7 Å². The number of thiazole rings is 1. The first-order valence-corrected chi connectivity index (χ1v) is 10.6. The number of halogens is 3. The van der Waals surface area contributed by atoms with Crippen LogP contribution in [0.2, 0.25) is 0 Å². The Morgan fingerprint density at radius 1 is 0.939 bits per heavy atom. The normalized spacial score (nSPS) is 11.7. The summed E-state index contributed by atoms with van der Waals surface area (Å²) < 4.78 is 38.8. The van der Waals surface area contributed by atoms with E-state index in [1.165, 1.54) is 29.5 Å². The van der Waals surface area contributed by atoms with Crippen molar-refractivity contribution in [3.8, 4) is 11.3 Å². The molecule has 9 heteroatoms. The smallest absolute Gasteiger partial charge is 0.416 e. The lowest BCUT2D eigenvalue weighted by molar-refractivity contribution is -0.137. The molecule has 0 radical (unpaired) electrons. The van der Waals surface area contributed by atoms with Crippen LogP contribution < -0.4 is 0 Å². The molecule has 0 aliphatic heterocycles. The monoisotopic (exact) mass is 467 g/mol. The second kappa shape index (κ2) is 9.33. The Labute approximate surface area is 190 Å². The van der Waals surface area contributed by atoms with Gasteiger partial charge in [-0.2, -0.15) is 23.4 Å². The van der Waals surface area contributed by atoms with E-state index in [4.69, 9.17) is 5.11 Å². The number of hydrogen-bond donors (Lipinski definition) is 1. The van der Waals surface area contributed by atoms with Gasteiger partial charge in [-0.1, -0.05) is 36.4 Å². The van der Waals surface area contributed by atoms with E-state index >= 15 is 0 Å². The fourth-order valence-electron chi connectivity index (χ4n) is 3.10. The number of benzene rings is 3. The highest BCUT2D eigenvalue weighted by molar-refractivity contribution is 7.10. The molecule has 4 rings (SSSR count). The number of aromatic carboxylic acids is 1. The summed E-state index contributed by atoms with van der Waals surface area (Å²) in [5, 5.41) is 19.9. The fourth-order valence-corrected chi connectivity index (χ4v) is 3.94. The molecule has 0 amide bonds. The highest BCUT2D eigenvalue weighted by Gasteiger charge is 2.30. The Bertz CT molecular complexity index is 1330. The van der Waals surface area contributed by atoms with E-state index < -0.39 is 17.7 Å². The largest absolute Gasteiger partial charge is 0.478 e. The van der Waals surface area contributed by atoms with Crippen molar-refractivity contribution in [2.24, 2.45) is 10.2 Å². The highest BCUT2D eigenvalue weighted by atomic mass is 32.1. The summed E-state index contributed by atoms with van der Waals surface area (Å²) >= 11 is 1.37. The Morgan fingerprint density at radius 2 is 1.64 bits per heavy atom. The van der Waals surface area contributed by atoms with Crippen molar-refractivity contribution in [3.63, 3.8) is 0 Å². The van der Waals surface area contributed by atoms with Crippen LogP contribution in [0.1, 0.15) is 26.5 Å². The van der Waals surface area contributed by atoms with Crippen LogP contribution in [0.4, 0.5) is 24.5 Å². The molecule has 1 N–H and O–H groups in total. The number of aromatic nitrogens is 1. The molecule has 3 aromatic carbocycles. The van der Waals surface area contributed by atoms with Crippen molar-refractivity contribution in [3.05, 3.63) is 99.9 Å². The number of carboxylic acids is 1. The number of carboxylic acid groups (broad SMARTS) is 1. The topological polar surface area (TPSA) is 74.9 Å². The molecule has 0 aliphatic carbocycles. The predicted molar refractivity (Wildman–Crippen MR) is 119 cm³/mol. The average Bonchev–Trinajstić information content (AvgIpc) is 3.26. The standard InChI is InChI=1S/C24H16F3N3O2S/c25-24(26,27)18-7-1-4-15(10-18)11-22-28-21(14-33-22)16-5-2-8-19(12-16)29-30-20-9-3-6-17(13-20)23(31)32/h1-10,12-14H,11H2,(H,31,32). The maximum Gasteiger partial charge on any atom is 0.416 e. The van der Waals surface area contributed by atoms with Crippen LogP contribution in [0.5, 0.6) is 0 Å². The lowest BCUT2D eigenvalue weighted by atomic mass is 10.1. The molecule has 0 atom stereocenters. The Morgan fingerprint density at radius 3 is 2.36 bits per heavy atom. The second-order valence-electron chi connectivity index (χ2n) is 7.11. The first-order valence-electron chi connectivity index (χ1n) is 9.74. The predicted octanol–water partition coefficient (Wildman–Crippen LogP) is 7.53. The number of alkyl halides is 3. The Kier molecular flexibility index (Phi) is 6.32. The summed E-state index contributed by atoms with van der Waals surface area (Å²) in [6.07, 6.45) is -4.08. The first-order chi connectivity index (χ1) is 15.8. The van der Waals surface area contributed by atoms with Crippen LogP contribution in [0, 0.1) is 0 Å². The zero-order valence-corrected chi connectivity index (χ0v) is 17.8. The third-order valence-corrected chi connectivity index (χ3v) is 5.53. The van der Waals surface area contributed by atoms with Gasteiger partial charge in [0, 0.05) is 17.4 Å². The SMILES string of the molecule is O=C(O)c1cccc(N=Nc2cccc(-c3csc(Cc4cccc(C(F)(F)F)c4)n3)c2)c1. The van der Waals surface area contributed by atoms with Gasteiger partial charge in [0.2, 0.25) is 0 Å². The molecule has 0 bridgehead atoms. The zero-order chi connectivity index (χ0) is 23.4. The minimum absolute atomic E-state index is 0.121. The van der Waals surface area contributed by atoms with Crippen molar-refractivity contribution in [2.75, 3.05) is 0 Å². The number of hydrogen-bond acceptors (Lipinski definition) is 5. The quantitative estimate of drug-likeness (QED) is 0.298. The molecule has 33 heavy (non-hydrogen) atoms. The fraction of sp³-hybridized carbons (Fsp3) is 0.0833. The maximum absolute atomic E-state index is 12.9. The van der Waals surface area contributed by atoms with Gasteiger partial charge in [-0.15, -0.1) is 11.3 Å². The van der Waals surface area contributed by atoms with Crippen LogP contribution in [0.25, 0.3) is 11.3 Å². The highest BCUT2D eigenvalue weighted by Crippen LogP contribution is 2.31. The van der Waals surface area contributed by atoms with Crippen LogP contribution in [0.3, 0.4) is 0 Å². The first kappa shape index (κ1) is 22.3. The average molecular weight is 467 g/mol. The van der Waals surface area contributed by atoms with Gasteiger partial charge in [-0.25, -0.2) is 9.78 Å². The summed E-state index contributed by atoms with van der Waals surface area (Å²) in [4.78, 5) is 15.6. The Hall–Kier alpha value is -3.85. The Balaban J connectivity index is 1.51. The number of nitrogens with zero attached hydrogens (tertiary/aromatic N) is 3. The van der Waals surface area contributed by atoms with E-state index in [2.05, 4.69) is 15.2 Å². The van der Waals surface area contributed by atoms with Gasteiger partial charge in [-0.05, 0) is 42.0 Å². The summed E-state index contributed by atoms with van der Waals surface area (Å²) in [5.74, 6) is -1.04. The van der Waals surface area contributed by atoms with Crippen molar-refractivity contribution in [2.45, 2.75) is 12.6 Å². The lowest BCUT2D eigenvalue weighted by Gasteiger charge is -2.07. The summed E-state index contributed by atoms with van der Waals surface area (Å²) in [6, 6.07) is 18.6. The van der Waals surface area contributed by atoms with Gasteiger partial charge in [0.05, 0.1) is 33.2 Å². The molecule has 0 spiro atoms. The van der Waals surface area contributed by atoms with Gasteiger partial charge >= 0.3 is 12.1 Å². The minimum atomic E-state index is -4.38. The van der Waals surface area contributed by atoms with Crippen molar-refractivity contribution in [1.29, 1.82) is 0 Å². The summed E-state index contributed by atoms with van der Waals surface area (Å²) in [6.45, 7) is 0. The maximum atomic E-state index is 12.9. The van der Waals surface area contributed by atoms with Gasteiger partial charge < -0.3 is 5.11 Å².